The van der Waals surface area contributed by atoms with E-state index in [0.717, 1.165) is 17.7 Å². The number of ether oxygens (including phenoxy) is 1. The van der Waals surface area contributed by atoms with Crippen molar-refractivity contribution in [1.29, 1.82) is 0 Å². The zero-order valence-corrected chi connectivity index (χ0v) is 18.8. The van der Waals surface area contributed by atoms with Crippen molar-refractivity contribution in [3.8, 4) is 5.75 Å². The normalized spacial score (nSPS) is 11.0. The number of methoxy groups -OCH3 is 1. The molecule has 0 aliphatic heterocycles. The number of nitrogens with one attached hydrogen (secondary N) is 1. The minimum absolute atomic E-state index is 0.0208. The lowest BCUT2D eigenvalue weighted by Crippen LogP contribution is -2.45. The summed E-state index contributed by atoms with van der Waals surface area (Å²) >= 11 is 0. The molecule has 1 aromatic heterocycles. The number of unbranched alkanes of at least 4 members (excludes halogenated alkanes) is 1. The summed E-state index contributed by atoms with van der Waals surface area (Å²) in [5.74, 6) is 0.508. The minimum Gasteiger partial charge on any atom is -0.496 e. The summed E-state index contributed by atoms with van der Waals surface area (Å²) in [5.41, 5.74) is 5.97. The Labute approximate surface area is 182 Å². The fraction of sp³-hybridized carbons (Fsp3) is 0.500. The molecule has 0 spiro atoms. The highest BCUT2D eigenvalue weighted by Gasteiger charge is 2.24. The van der Waals surface area contributed by atoms with Crippen molar-refractivity contribution in [3.63, 3.8) is 0 Å². The van der Waals surface area contributed by atoms with Crippen molar-refractivity contribution >= 4 is 17.4 Å². The van der Waals surface area contributed by atoms with Crippen LogP contribution in [-0.2, 0) is 17.9 Å². The van der Waals surface area contributed by atoms with E-state index in [0.29, 0.717) is 32.5 Å². The first kappa shape index (κ1) is 24.2. The van der Waals surface area contributed by atoms with Gasteiger partial charge in [0.1, 0.15) is 11.6 Å². The average Bonchev–Trinajstić information content (AvgIpc) is 2.73. The predicted octanol–water partition coefficient (Wildman–Crippen LogP) is 1.80. The summed E-state index contributed by atoms with van der Waals surface area (Å²) in [5, 5.41) is 0. The number of carbonyl (C=O) groups excluding carboxylic acids is 1. The van der Waals surface area contributed by atoms with E-state index in [1.54, 1.807) is 7.11 Å². The third-order valence-corrected chi connectivity index (χ3v) is 5.01. The summed E-state index contributed by atoms with van der Waals surface area (Å²) in [6, 6.07) is 7.62. The number of hydrogen-bond acceptors (Lipinski definition) is 6. The van der Waals surface area contributed by atoms with Crippen LogP contribution in [0.3, 0.4) is 0 Å². The molecule has 9 heteroatoms. The molecule has 1 amide bonds. The number of nitrogens with two attached hydrogens (primary N) is 1. The molecule has 0 bridgehead atoms. The summed E-state index contributed by atoms with van der Waals surface area (Å²) in [6.45, 7) is 5.19. The third kappa shape index (κ3) is 5.97. The number of aromatic amines is 1. The number of carbonyl (C=O) groups is 1. The number of likely N-dealkylation sites (N-methyl/N-ethyl adjacent to an activating group) is 1. The molecule has 2 rings (SSSR count). The topological polar surface area (TPSA) is 114 Å². The van der Waals surface area contributed by atoms with Gasteiger partial charge in [-0.3, -0.25) is 24.0 Å². The number of nitrogen functional groups attached to an aromatic ring is 1. The van der Waals surface area contributed by atoms with Gasteiger partial charge in [-0.2, -0.15) is 0 Å². The summed E-state index contributed by atoms with van der Waals surface area (Å²) in [4.78, 5) is 43.5. The fourth-order valence-corrected chi connectivity index (χ4v) is 3.46. The lowest BCUT2D eigenvalue weighted by molar-refractivity contribution is -0.119. The van der Waals surface area contributed by atoms with Gasteiger partial charge in [-0.25, -0.2) is 4.79 Å². The molecule has 0 aliphatic carbocycles. The van der Waals surface area contributed by atoms with E-state index in [1.165, 1.54) is 9.47 Å². The third-order valence-electron chi connectivity index (χ3n) is 5.01. The van der Waals surface area contributed by atoms with Crippen LogP contribution in [0.5, 0.6) is 5.75 Å². The maximum Gasteiger partial charge on any atom is 0.330 e. The molecule has 1 heterocycles. The molecule has 31 heavy (non-hydrogen) atoms. The highest BCUT2D eigenvalue weighted by molar-refractivity contribution is 5.96. The highest BCUT2D eigenvalue weighted by atomic mass is 16.5. The second-order valence-electron chi connectivity index (χ2n) is 7.53. The average molecular weight is 432 g/mol. The number of H-pyrrole nitrogens is 1. The maximum atomic E-state index is 13.2. The van der Waals surface area contributed by atoms with E-state index in [-0.39, 0.29) is 24.0 Å². The zero-order valence-electron chi connectivity index (χ0n) is 18.8. The van der Waals surface area contributed by atoms with Crippen LogP contribution in [0.25, 0.3) is 0 Å². The molecule has 0 radical (unpaired) electrons. The molecule has 170 valence electrons. The lowest BCUT2D eigenvalue weighted by Gasteiger charge is -2.27. The number of anilines is 2. The van der Waals surface area contributed by atoms with Gasteiger partial charge in [0, 0.05) is 25.2 Å². The zero-order chi connectivity index (χ0) is 23.0. The Bertz CT molecular complexity index is 998. The maximum absolute atomic E-state index is 13.2. The van der Waals surface area contributed by atoms with Crippen LogP contribution in [0, 0.1) is 0 Å². The lowest BCUT2D eigenvalue weighted by atomic mass is 10.2. The van der Waals surface area contributed by atoms with E-state index in [2.05, 4.69) is 4.98 Å². The number of nitrogens with zero attached hydrogens (tertiary/aromatic N) is 3. The van der Waals surface area contributed by atoms with Crippen molar-refractivity contribution < 1.29 is 9.53 Å². The van der Waals surface area contributed by atoms with Crippen LogP contribution < -0.4 is 26.6 Å². The Morgan fingerprint density at radius 3 is 2.55 bits per heavy atom. The van der Waals surface area contributed by atoms with Crippen LogP contribution >= 0.6 is 0 Å². The van der Waals surface area contributed by atoms with Crippen molar-refractivity contribution in [2.45, 2.75) is 46.2 Å². The smallest absolute Gasteiger partial charge is 0.330 e. The largest absolute Gasteiger partial charge is 0.496 e. The van der Waals surface area contributed by atoms with E-state index in [9.17, 15) is 14.4 Å². The van der Waals surface area contributed by atoms with Gasteiger partial charge in [-0.1, -0.05) is 38.5 Å². The number of para-hydroxylation sites is 1. The number of amides is 1. The Kier molecular flexibility index (Phi) is 8.87. The number of benzene rings is 1. The van der Waals surface area contributed by atoms with E-state index in [4.69, 9.17) is 10.5 Å². The van der Waals surface area contributed by atoms with Crippen LogP contribution in [0.1, 0.15) is 38.7 Å². The van der Waals surface area contributed by atoms with E-state index in [1.807, 2.05) is 50.1 Å². The molecular formula is C22H33N5O4. The molecule has 0 saturated carbocycles. The number of hydrogen-bond donors (Lipinski definition) is 2. The van der Waals surface area contributed by atoms with Gasteiger partial charge in [-0.15, -0.1) is 0 Å². The first-order chi connectivity index (χ1) is 14.8. The van der Waals surface area contributed by atoms with Crippen LogP contribution in [0.4, 0.5) is 11.5 Å². The highest BCUT2D eigenvalue weighted by Crippen LogP contribution is 2.20. The van der Waals surface area contributed by atoms with Gasteiger partial charge < -0.3 is 15.4 Å². The van der Waals surface area contributed by atoms with Crippen molar-refractivity contribution in [1.82, 2.24) is 14.5 Å². The van der Waals surface area contributed by atoms with Crippen molar-refractivity contribution in [3.05, 3.63) is 50.7 Å². The first-order valence-electron chi connectivity index (χ1n) is 10.6. The van der Waals surface area contributed by atoms with Gasteiger partial charge in [-0.05, 0) is 26.0 Å². The summed E-state index contributed by atoms with van der Waals surface area (Å²) < 4.78 is 6.69. The van der Waals surface area contributed by atoms with Gasteiger partial charge in [0.2, 0.25) is 5.91 Å². The molecule has 0 saturated heterocycles. The Morgan fingerprint density at radius 2 is 1.90 bits per heavy atom. The predicted molar refractivity (Wildman–Crippen MR) is 123 cm³/mol. The number of rotatable bonds is 11. The standard InChI is InChI=1S/C22H33N5O4/c1-5-7-13-26(19-20(23)27(12-6-2)22(30)24-21(19)29)18(28)15-25(3)14-16-10-8-9-11-17(16)31-4/h8-11H,5-7,12-15,23H2,1-4H3,(H,24,29,30). The van der Waals surface area contributed by atoms with Crippen LogP contribution in [0.2, 0.25) is 0 Å². The Balaban J connectivity index is 2.32. The van der Waals surface area contributed by atoms with Gasteiger partial charge in [0.15, 0.2) is 5.69 Å². The minimum atomic E-state index is -0.647. The molecule has 1 aromatic carbocycles. The first-order valence-corrected chi connectivity index (χ1v) is 10.6. The quantitative estimate of drug-likeness (QED) is 0.561. The second-order valence-corrected chi connectivity index (χ2v) is 7.53. The molecule has 0 unspecified atom stereocenters. The fourth-order valence-electron chi connectivity index (χ4n) is 3.46. The van der Waals surface area contributed by atoms with Gasteiger partial charge in [0.05, 0.1) is 13.7 Å². The molecular weight excluding hydrogens is 398 g/mol. The van der Waals surface area contributed by atoms with Crippen LogP contribution in [-0.4, -0.2) is 47.6 Å². The Morgan fingerprint density at radius 1 is 1.19 bits per heavy atom. The van der Waals surface area contributed by atoms with Crippen LogP contribution in [0.15, 0.2) is 33.9 Å². The molecule has 0 fully saturated rings. The SMILES string of the molecule is CCCCN(C(=O)CN(C)Cc1ccccc1OC)c1c(N)n(CCC)c(=O)[nH]c1=O. The van der Waals surface area contributed by atoms with Gasteiger partial charge >= 0.3 is 5.69 Å². The molecule has 3 N–H and O–H groups in total. The van der Waals surface area contributed by atoms with Crippen molar-refractivity contribution in [2.24, 2.45) is 0 Å². The monoisotopic (exact) mass is 431 g/mol. The van der Waals surface area contributed by atoms with Gasteiger partial charge in [0.25, 0.3) is 5.56 Å². The molecule has 2 aromatic rings. The second kappa shape index (κ2) is 11.4. The number of aromatic nitrogens is 2. The van der Waals surface area contributed by atoms with E-state index >= 15 is 0 Å². The molecule has 9 nitrogen and oxygen atoms in total. The summed E-state index contributed by atoms with van der Waals surface area (Å²) in [7, 11) is 3.44. The molecule has 0 atom stereocenters. The molecule has 0 aliphatic rings. The van der Waals surface area contributed by atoms with E-state index < -0.39 is 11.2 Å². The summed E-state index contributed by atoms with van der Waals surface area (Å²) in [6.07, 6.45) is 2.21. The Hall–Kier alpha value is -3.07. The van der Waals surface area contributed by atoms with Crippen molar-refractivity contribution in [2.75, 3.05) is 37.9 Å².